The van der Waals surface area contributed by atoms with E-state index >= 15 is 0 Å². The number of fused-ring (bicyclic) bond motifs is 1. The van der Waals surface area contributed by atoms with E-state index in [1.54, 1.807) is 12.1 Å². The van der Waals surface area contributed by atoms with Gasteiger partial charge in [-0.1, -0.05) is 6.42 Å². The summed E-state index contributed by atoms with van der Waals surface area (Å²) < 4.78 is 12.2. The van der Waals surface area contributed by atoms with Gasteiger partial charge in [0.2, 0.25) is 6.29 Å². The van der Waals surface area contributed by atoms with E-state index in [2.05, 4.69) is 6.07 Å². The predicted octanol–water partition coefficient (Wildman–Crippen LogP) is 3.49. The summed E-state index contributed by atoms with van der Waals surface area (Å²) in [5.74, 6) is 2.90. The Morgan fingerprint density at radius 2 is 1.75 bits per heavy atom. The zero-order valence-electron chi connectivity index (χ0n) is 11.5. The summed E-state index contributed by atoms with van der Waals surface area (Å²) in [6.45, 7) is 0. The average Bonchev–Trinajstić information content (AvgIpc) is 2.48. The quantitative estimate of drug-likeness (QED) is 0.825. The first-order valence-electron chi connectivity index (χ1n) is 7.66. The average molecular weight is 269 g/mol. The van der Waals surface area contributed by atoms with E-state index in [0.717, 1.165) is 17.6 Å². The molecule has 2 aliphatic heterocycles. The van der Waals surface area contributed by atoms with Crippen molar-refractivity contribution in [3.8, 4) is 11.8 Å². The van der Waals surface area contributed by atoms with Crippen LogP contribution in [0.15, 0.2) is 24.3 Å². The molecule has 0 aromatic heterocycles. The van der Waals surface area contributed by atoms with E-state index in [9.17, 15) is 0 Å². The second-order valence-electron chi connectivity index (χ2n) is 6.41. The number of nitriles is 1. The number of benzene rings is 1. The van der Waals surface area contributed by atoms with Crippen molar-refractivity contribution in [2.75, 3.05) is 0 Å². The molecule has 2 saturated heterocycles. The zero-order valence-corrected chi connectivity index (χ0v) is 11.5. The Kier molecular flexibility index (Phi) is 2.93. The topological polar surface area (TPSA) is 42.2 Å². The molecule has 2 unspecified atom stereocenters. The van der Waals surface area contributed by atoms with Gasteiger partial charge in [0.25, 0.3) is 0 Å². The third-order valence-corrected chi connectivity index (χ3v) is 5.20. The maximum atomic E-state index is 8.81. The van der Waals surface area contributed by atoms with Crippen molar-refractivity contribution in [1.29, 1.82) is 5.26 Å². The number of hydrogen-bond acceptors (Lipinski definition) is 3. The second kappa shape index (κ2) is 4.79. The molecule has 5 atom stereocenters. The van der Waals surface area contributed by atoms with E-state index in [4.69, 9.17) is 14.7 Å². The van der Waals surface area contributed by atoms with Gasteiger partial charge in [-0.3, -0.25) is 0 Å². The molecule has 1 aromatic carbocycles. The van der Waals surface area contributed by atoms with E-state index in [1.807, 2.05) is 12.1 Å². The Morgan fingerprint density at radius 1 is 1.05 bits per heavy atom. The van der Waals surface area contributed by atoms with Crippen LogP contribution in [-0.4, -0.2) is 12.4 Å². The zero-order chi connectivity index (χ0) is 13.5. The van der Waals surface area contributed by atoms with Gasteiger partial charge in [0.05, 0.1) is 17.7 Å². The molecule has 2 aliphatic carbocycles. The highest BCUT2D eigenvalue weighted by atomic mass is 16.7. The summed E-state index contributed by atoms with van der Waals surface area (Å²) in [4.78, 5) is 0. The van der Waals surface area contributed by atoms with Crippen LogP contribution in [0.1, 0.15) is 37.7 Å². The maximum absolute atomic E-state index is 8.81. The molecule has 2 saturated carbocycles. The molecule has 4 fully saturated rings. The standard InChI is InChI=1S/C17H19NO2/c18-10-11-4-6-15(7-5-11)19-17-14-8-12-2-1-3-13(9-14)16(12)20-17/h4-7,12-14,16-17H,1-3,8-9H2/t12-,13+,14?,16?,17-/m1/s1. The Labute approximate surface area is 119 Å². The van der Waals surface area contributed by atoms with Crippen molar-refractivity contribution in [2.24, 2.45) is 17.8 Å². The van der Waals surface area contributed by atoms with Crippen molar-refractivity contribution in [1.82, 2.24) is 0 Å². The van der Waals surface area contributed by atoms with Crippen LogP contribution in [0.25, 0.3) is 0 Å². The SMILES string of the molecule is N#Cc1ccc(O[C@@H]2OC3[C@@H]4CCC[C@H]3CC2C4)cc1. The Bertz CT molecular complexity index is 519. The highest BCUT2D eigenvalue weighted by Crippen LogP contribution is 2.50. The van der Waals surface area contributed by atoms with Crippen molar-refractivity contribution in [3.05, 3.63) is 29.8 Å². The monoisotopic (exact) mass is 269 g/mol. The smallest absolute Gasteiger partial charge is 0.202 e. The van der Waals surface area contributed by atoms with E-state index in [0.29, 0.717) is 17.6 Å². The molecule has 104 valence electrons. The van der Waals surface area contributed by atoms with Gasteiger partial charge in [-0.2, -0.15) is 5.26 Å². The third-order valence-electron chi connectivity index (χ3n) is 5.20. The summed E-state index contributed by atoms with van der Waals surface area (Å²) in [6, 6.07) is 9.45. The van der Waals surface area contributed by atoms with Crippen LogP contribution >= 0.6 is 0 Å². The Morgan fingerprint density at radius 3 is 2.35 bits per heavy atom. The van der Waals surface area contributed by atoms with E-state index in [1.165, 1.54) is 32.1 Å². The number of ether oxygens (including phenoxy) is 2. The van der Waals surface area contributed by atoms with Crippen molar-refractivity contribution in [3.63, 3.8) is 0 Å². The summed E-state index contributed by atoms with van der Waals surface area (Å²) >= 11 is 0. The molecule has 1 aromatic rings. The maximum Gasteiger partial charge on any atom is 0.202 e. The summed E-state index contributed by atoms with van der Waals surface area (Å²) in [5, 5.41) is 8.81. The van der Waals surface area contributed by atoms with Crippen molar-refractivity contribution >= 4 is 0 Å². The van der Waals surface area contributed by atoms with Crippen LogP contribution < -0.4 is 4.74 Å². The molecule has 0 amide bonds. The van der Waals surface area contributed by atoms with E-state index < -0.39 is 0 Å². The first kappa shape index (κ1) is 12.2. The van der Waals surface area contributed by atoms with Crippen LogP contribution in [0.2, 0.25) is 0 Å². The molecule has 0 radical (unpaired) electrons. The highest BCUT2D eigenvalue weighted by molar-refractivity contribution is 5.34. The van der Waals surface area contributed by atoms with Crippen molar-refractivity contribution in [2.45, 2.75) is 44.5 Å². The van der Waals surface area contributed by atoms with Gasteiger partial charge in [-0.05, 0) is 61.8 Å². The number of nitrogens with zero attached hydrogens (tertiary/aromatic N) is 1. The lowest BCUT2D eigenvalue weighted by atomic mass is 9.64. The first-order chi connectivity index (χ1) is 9.83. The van der Waals surface area contributed by atoms with Gasteiger partial charge in [-0.25, -0.2) is 0 Å². The van der Waals surface area contributed by atoms with Gasteiger partial charge < -0.3 is 9.47 Å². The number of rotatable bonds is 2. The molecule has 2 heterocycles. The molecule has 0 N–H and O–H groups in total. The Hall–Kier alpha value is -1.53. The molecular weight excluding hydrogens is 250 g/mol. The molecule has 3 nitrogen and oxygen atoms in total. The fourth-order valence-electron chi connectivity index (χ4n) is 4.31. The van der Waals surface area contributed by atoms with Gasteiger partial charge >= 0.3 is 0 Å². The van der Waals surface area contributed by atoms with Gasteiger partial charge in [-0.15, -0.1) is 0 Å². The van der Waals surface area contributed by atoms with E-state index in [-0.39, 0.29) is 6.29 Å². The molecule has 20 heavy (non-hydrogen) atoms. The van der Waals surface area contributed by atoms with Crippen LogP contribution in [0.5, 0.6) is 5.75 Å². The molecule has 0 spiro atoms. The highest BCUT2D eigenvalue weighted by Gasteiger charge is 2.50. The lowest BCUT2D eigenvalue weighted by Gasteiger charge is -2.53. The largest absolute Gasteiger partial charge is 0.465 e. The molecule has 4 aliphatic rings. The first-order valence-corrected chi connectivity index (χ1v) is 7.66. The third kappa shape index (κ3) is 1.99. The molecular formula is C17H19NO2. The fourth-order valence-corrected chi connectivity index (χ4v) is 4.31. The van der Waals surface area contributed by atoms with Crippen LogP contribution in [0.3, 0.4) is 0 Å². The van der Waals surface area contributed by atoms with Crippen LogP contribution in [0.4, 0.5) is 0 Å². The summed E-state index contributed by atoms with van der Waals surface area (Å²) in [5.41, 5.74) is 0.665. The van der Waals surface area contributed by atoms with Crippen molar-refractivity contribution < 1.29 is 9.47 Å². The molecule has 3 heteroatoms. The summed E-state index contributed by atoms with van der Waals surface area (Å²) in [7, 11) is 0. The van der Waals surface area contributed by atoms with Crippen LogP contribution in [0, 0.1) is 29.1 Å². The minimum absolute atomic E-state index is 0.0847. The lowest BCUT2D eigenvalue weighted by Crippen LogP contribution is -2.54. The van der Waals surface area contributed by atoms with Crippen LogP contribution in [-0.2, 0) is 4.74 Å². The van der Waals surface area contributed by atoms with Gasteiger partial charge in [0.1, 0.15) is 5.75 Å². The van der Waals surface area contributed by atoms with Gasteiger partial charge in [0.15, 0.2) is 0 Å². The predicted molar refractivity (Wildman–Crippen MR) is 74.0 cm³/mol. The van der Waals surface area contributed by atoms with Gasteiger partial charge in [0, 0.05) is 5.92 Å². The molecule has 4 bridgehead atoms. The molecule has 5 rings (SSSR count). The Balaban J connectivity index is 1.47. The number of hydrogen-bond donors (Lipinski definition) is 0. The normalized spacial score (nSPS) is 38.2. The summed E-state index contributed by atoms with van der Waals surface area (Å²) in [6.07, 6.45) is 6.92. The fraction of sp³-hybridized carbons (Fsp3) is 0.588. The minimum Gasteiger partial charge on any atom is -0.465 e. The lowest BCUT2D eigenvalue weighted by molar-refractivity contribution is -0.260. The second-order valence-corrected chi connectivity index (χ2v) is 6.41. The minimum atomic E-state index is -0.0847.